The molecule has 6 heteroatoms. The fourth-order valence-corrected chi connectivity index (χ4v) is 2.70. The van der Waals surface area contributed by atoms with Gasteiger partial charge in [-0.25, -0.2) is 4.98 Å². The average molecular weight is 274 g/mol. The average Bonchev–Trinajstić information content (AvgIpc) is 2.46. The number of aromatic amines is 1. The second-order valence-electron chi connectivity index (χ2n) is 4.52. The smallest absolute Gasteiger partial charge is 0.297 e. The molecule has 0 saturated heterocycles. The van der Waals surface area contributed by atoms with Crippen LogP contribution in [0.1, 0.15) is 35.8 Å². The van der Waals surface area contributed by atoms with E-state index in [0.717, 1.165) is 30.8 Å². The Bertz CT molecular complexity index is 655. The Balaban J connectivity index is 2.08. The van der Waals surface area contributed by atoms with Crippen molar-refractivity contribution in [3.8, 4) is 6.01 Å². The van der Waals surface area contributed by atoms with E-state index in [-0.39, 0.29) is 5.92 Å². The van der Waals surface area contributed by atoms with Crippen LogP contribution in [0.25, 0.3) is 0 Å². The van der Waals surface area contributed by atoms with E-state index in [0.29, 0.717) is 10.8 Å². The van der Waals surface area contributed by atoms with Gasteiger partial charge in [-0.15, -0.1) is 0 Å². The summed E-state index contributed by atoms with van der Waals surface area (Å²) in [6.07, 6.45) is 5.03. The standard InChI is InChI=1S/C13H14N4OS/c1-18-12-15-11(16-13(19)17-12)9-6-2-4-8-5-3-7-14-10(8)9/h3,5,7,9H,2,4,6H2,1H3,(H,15,16,17,19). The van der Waals surface area contributed by atoms with Gasteiger partial charge in [0.05, 0.1) is 18.7 Å². The minimum atomic E-state index is 0.142. The van der Waals surface area contributed by atoms with E-state index in [9.17, 15) is 0 Å². The molecule has 98 valence electrons. The molecule has 2 aromatic heterocycles. The highest BCUT2D eigenvalue weighted by Crippen LogP contribution is 2.33. The Hall–Kier alpha value is -1.82. The molecule has 1 N–H and O–H groups in total. The van der Waals surface area contributed by atoms with Gasteiger partial charge in [0.2, 0.25) is 4.77 Å². The van der Waals surface area contributed by atoms with Crippen LogP contribution in [0.3, 0.4) is 0 Å². The third-order valence-corrected chi connectivity index (χ3v) is 3.55. The minimum absolute atomic E-state index is 0.142. The van der Waals surface area contributed by atoms with Crippen molar-refractivity contribution >= 4 is 12.2 Å². The predicted molar refractivity (Wildman–Crippen MR) is 72.8 cm³/mol. The van der Waals surface area contributed by atoms with Crippen molar-refractivity contribution in [2.75, 3.05) is 7.11 Å². The lowest BCUT2D eigenvalue weighted by molar-refractivity contribution is 0.372. The van der Waals surface area contributed by atoms with Gasteiger partial charge in [0.15, 0.2) is 0 Å². The van der Waals surface area contributed by atoms with Crippen LogP contribution in [0.2, 0.25) is 0 Å². The van der Waals surface area contributed by atoms with E-state index in [1.54, 1.807) is 7.11 Å². The van der Waals surface area contributed by atoms with Crippen molar-refractivity contribution in [1.82, 2.24) is 19.9 Å². The summed E-state index contributed by atoms with van der Waals surface area (Å²) >= 11 is 5.08. The molecule has 0 spiro atoms. The number of hydrogen-bond acceptors (Lipinski definition) is 5. The van der Waals surface area contributed by atoms with Gasteiger partial charge in [0.1, 0.15) is 5.82 Å². The number of methoxy groups -OCH3 is 1. The molecule has 1 aliphatic carbocycles. The third kappa shape index (κ3) is 2.35. The second kappa shape index (κ2) is 5.05. The SMILES string of the molecule is COc1nc(=S)nc(C2CCCc3cccnc32)[nH]1. The quantitative estimate of drug-likeness (QED) is 0.852. The Labute approximate surface area is 116 Å². The number of aromatic nitrogens is 4. The van der Waals surface area contributed by atoms with Crippen LogP contribution in [0, 0.1) is 4.77 Å². The van der Waals surface area contributed by atoms with Crippen LogP contribution in [0.4, 0.5) is 0 Å². The summed E-state index contributed by atoms with van der Waals surface area (Å²) in [5.74, 6) is 0.931. The third-order valence-electron chi connectivity index (χ3n) is 3.37. The van der Waals surface area contributed by atoms with Gasteiger partial charge >= 0.3 is 0 Å². The predicted octanol–water partition coefficient (Wildman–Crippen LogP) is 2.41. The number of hydrogen-bond donors (Lipinski definition) is 1. The van der Waals surface area contributed by atoms with Crippen LogP contribution in [-0.2, 0) is 6.42 Å². The molecule has 0 fully saturated rings. The minimum Gasteiger partial charge on any atom is -0.468 e. The van der Waals surface area contributed by atoms with Gasteiger partial charge in [-0.3, -0.25) is 9.97 Å². The Morgan fingerprint density at radius 1 is 1.42 bits per heavy atom. The maximum Gasteiger partial charge on any atom is 0.297 e. The Kier molecular flexibility index (Phi) is 3.25. The molecule has 5 nitrogen and oxygen atoms in total. The summed E-state index contributed by atoms with van der Waals surface area (Å²) in [6, 6.07) is 4.50. The zero-order chi connectivity index (χ0) is 13.2. The first-order valence-corrected chi connectivity index (χ1v) is 6.65. The molecule has 0 amide bonds. The number of rotatable bonds is 2. The second-order valence-corrected chi connectivity index (χ2v) is 4.88. The molecule has 1 atom stereocenters. The van der Waals surface area contributed by atoms with Crippen molar-refractivity contribution in [2.45, 2.75) is 25.2 Å². The summed E-state index contributed by atoms with van der Waals surface area (Å²) in [7, 11) is 1.56. The Morgan fingerprint density at radius 3 is 3.16 bits per heavy atom. The Morgan fingerprint density at radius 2 is 2.32 bits per heavy atom. The van der Waals surface area contributed by atoms with Crippen LogP contribution in [0.5, 0.6) is 6.01 Å². The highest BCUT2D eigenvalue weighted by atomic mass is 32.1. The molecular formula is C13H14N4OS. The lowest BCUT2D eigenvalue weighted by atomic mass is 9.86. The number of ether oxygens (including phenoxy) is 1. The summed E-state index contributed by atoms with van der Waals surface area (Å²) < 4.78 is 5.42. The van der Waals surface area contributed by atoms with Crippen LogP contribution in [0.15, 0.2) is 18.3 Å². The van der Waals surface area contributed by atoms with E-state index in [1.165, 1.54) is 5.56 Å². The molecule has 0 bridgehead atoms. The summed E-state index contributed by atoms with van der Waals surface area (Å²) in [5.41, 5.74) is 2.37. The first-order chi connectivity index (χ1) is 9.28. The van der Waals surface area contributed by atoms with Gasteiger partial charge in [-0.1, -0.05) is 6.07 Å². The molecule has 2 heterocycles. The van der Waals surface area contributed by atoms with Gasteiger partial charge in [0, 0.05) is 6.20 Å². The lowest BCUT2D eigenvalue weighted by Gasteiger charge is -2.23. The van der Waals surface area contributed by atoms with Crippen LogP contribution >= 0.6 is 12.2 Å². The first kappa shape index (κ1) is 12.2. The van der Waals surface area contributed by atoms with E-state index in [4.69, 9.17) is 17.0 Å². The van der Waals surface area contributed by atoms with Crippen molar-refractivity contribution in [1.29, 1.82) is 0 Å². The molecule has 0 aromatic carbocycles. The van der Waals surface area contributed by atoms with E-state index < -0.39 is 0 Å². The topological polar surface area (TPSA) is 63.7 Å². The molecule has 0 saturated carbocycles. The molecule has 1 unspecified atom stereocenters. The number of pyridine rings is 1. The molecule has 1 aliphatic rings. The first-order valence-electron chi connectivity index (χ1n) is 6.24. The normalized spacial score (nSPS) is 17.8. The highest BCUT2D eigenvalue weighted by molar-refractivity contribution is 7.71. The van der Waals surface area contributed by atoms with Gasteiger partial charge in [-0.2, -0.15) is 4.98 Å². The van der Waals surface area contributed by atoms with E-state index >= 15 is 0 Å². The van der Waals surface area contributed by atoms with Gasteiger partial charge in [0.25, 0.3) is 6.01 Å². The van der Waals surface area contributed by atoms with E-state index in [2.05, 4.69) is 26.0 Å². The lowest BCUT2D eigenvalue weighted by Crippen LogP contribution is -2.16. The zero-order valence-electron chi connectivity index (χ0n) is 10.6. The van der Waals surface area contributed by atoms with Crippen LogP contribution in [-0.4, -0.2) is 27.0 Å². The monoisotopic (exact) mass is 274 g/mol. The summed E-state index contributed by atoms with van der Waals surface area (Å²) in [4.78, 5) is 15.9. The number of H-pyrrole nitrogens is 1. The summed E-state index contributed by atoms with van der Waals surface area (Å²) in [6.45, 7) is 0. The summed E-state index contributed by atoms with van der Waals surface area (Å²) in [5, 5.41) is 0. The molecule has 3 rings (SSSR count). The van der Waals surface area contributed by atoms with Crippen LogP contribution < -0.4 is 4.74 Å². The van der Waals surface area contributed by atoms with E-state index in [1.807, 2.05) is 12.3 Å². The maximum absolute atomic E-state index is 5.12. The fourth-order valence-electron chi connectivity index (χ4n) is 2.52. The number of nitrogens with zero attached hydrogens (tertiary/aromatic N) is 3. The maximum atomic E-state index is 5.12. The van der Waals surface area contributed by atoms with Crippen molar-refractivity contribution in [2.24, 2.45) is 0 Å². The highest BCUT2D eigenvalue weighted by Gasteiger charge is 2.25. The largest absolute Gasteiger partial charge is 0.468 e. The molecule has 0 aliphatic heterocycles. The van der Waals surface area contributed by atoms with Gasteiger partial charge < -0.3 is 4.74 Å². The van der Waals surface area contributed by atoms with Crippen molar-refractivity contribution in [3.63, 3.8) is 0 Å². The number of fused-ring (bicyclic) bond motifs is 1. The van der Waals surface area contributed by atoms with Crippen molar-refractivity contribution in [3.05, 3.63) is 40.2 Å². The van der Waals surface area contributed by atoms with Crippen molar-refractivity contribution < 1.29 is 4.74 Å². The molecule has 0 radical (unpaired) electrons. The van der Waals surface area contributed by atoms with Gasteiger partial charge in [-0.05, 0) is 43.1 Å². The number of nitrogens with one attached hydrogen (secondary N) is 1. The zero-order valence-corrected chi connectivity index (χ0v) is 11.4. The fraction of sp³-hybridized carbons (Fsp3) is 0.385. The number of aryl methyl sites for hydroxylation is 1. The molecule has 2 aromatic rings. The molecular weight excluding hydrogens is 260 g/mol. The molecule has 19 heavy (non-hydrogen) atoms.